The first kappa shape index (κ1) is 21.1. The van der Waals surface area contributed by atoms with Crippen molar-refractivity contribution >= 4 is 35.1 Å². The van der Waals surface area contributed by atoms with Crippen LogP contribution >= 0.6 is 23.5 Å². The van der Waals surface area contributed by atoms with E-state index in [1.807, 2.05) is 54.2 Å². The maximum absolute atomic E-state index is 12.8. The fourth-order valence-corrected chi connectivity index (χ4v) is 5.34. The maximum atomic E-state index is 12.8. The molecular weight excluding hydrogens is 414 g/mol. The Hall–Kier alpha value is -2.15. The van der Waals surface area contributed by atoms with Crippen molar-refractivity contribution in [3.63, 3.8) is 0 Å². The van der Waals surface area contributed by atoms with Crippen molar-refractivity contribution in [1.29, 1.82) is 0 Å². The Balaban J connectivity index is 1.34. The molecule has 0 saturated carbocycles. The van der Waals surface area contributed by atoms with E-state index >= 15 is 0 Å². The molecule has 4 rings (SSSR count). The van der Waals surface area contributed by atoms with E-state index in [1.54, 1.807) is 18.0 Å². The average molecular weight is 440 g/mol. The number of furan rings is 1. The van der Waals surface area contributed by atoms with Crippen LogP contribution in [-0.4, -0.2) is 24.4 Å². The summed E-state index contributed by atoms with van der Waals surface area (Å²) in [6, 6.07) is 20.1. The first-order valence-electron chi connectivity index (χ1n) is 10.1. The van der Waals surface area contributed by atoms with Crippen molar-refractivity contribution in [2.45, 2.75) is 34.5 Å². The van der Waals surface area contributed by atoms with Crippen molar-refractivity contribution in [2.75, 3.05) is 18.5 Å². The number of carbonyl (C=O) groups excluding carboxylic acids is 1. The lowest BCUT2D eigenvalue weighted by Gasteiger charge is -2.21. The standard InChI is InChI=1S/C24H25NO3S2/c26-24(23-19(9-14-28-23)17-30-21-7-2-1-3-8-21)25-20-6-4-5-18(15-20)16-29-22-10-12-27-13-11-22/h1-9,14-15,22H,10-13,16-17H2,(H,25,26). The molecule has 156 valence electrons. The number of hydrogen-bond donors (Lipinski definition) is 1. The lowest BCUT2D eigenvalue weighted by Crippen LogP contribution is -2.17. The minimum absolute atomic E-state index is 0.210. The monoisotopic (exact) mass is 439 g/mol. The molecule has 1 amide bonds. The van der Waals surface area contributed by atoms with Gasteiger partial charge in [0.25, 0.3) is 5.91 Å². The second kappa shape index (κ2) is 10.8. The van der Waals surface area contributed by atoms with Gasteiger partial charge in [-0.15, -0.1) is 11.8 Å². The molecule has 1 aliphatic rings. The molecule has 2 aromatic carbocycles. The van der Waals surface area contributed by atoms with Crippen LogP contribution in [0.5, 0.6) is 0 Å². The summed E-state index contributed by atoms with van der Waals surface area (Å²) in [4.78, 5) is 14.0. The number of benzene rings is 2. The molecule has 1 aliphatic heterocycles. The highest BCUT2D eigenvalue weighted by Crippen LogP contribution is 2.28. The van der Waals surface area contributed by atoms with E-state index in [-0.39, 0.29) is 5.91 Å². The smallest absolute Gasteiger partial charge is 0.291 e. The predicted octanol–water partition coefficient (Wildman–Crippen LogP) is 6.24. The fraction of sp³-hybridized carbons (Fsp3) is 0.292. The molecule has 1 N–H and O–H groups in total. The van der Waals surface area contributed by atoms with Gasteiger partial charge in [-0.3, -0.25) is 4.79 Å². The molecule has 1 aromatic heterocycles. The molecule has 4 nitrogen and oxygen atoms in total. The van der Waals surface area contributed by atoms with Gasteiger partial charge in [0.2, 0.25) is 0 Å². The molecule has 1 saturated heterocycles. The van der Waals surface area contributed by atoms with Crippen LogP contribution in [0.4, 0.5) is 5.69 Å². The number of thioether (sulfide) groups is 2. The van der Waals surface area contributed by atoms with Crippen LogP contribution in [0.25, 0.3) is 0 Å². The first-order valence-corrected chi connectivity index (χ1v) is 12.2. The van der Waals surface area contributed by atoms with Crippen LogP contribution in [0.1, 0.15) is 34.5 Å². The van der Waals surface area contributed by atoms with Gasteiger partial charge in [-0.05, 0) is 48.7 Å². The first-order chi connectivity index (χ1) is 14.8. The molecule has 2 heterocycles. The Morgan fingerprint density at radius 3 is 2.67 bits per heavy atom. The summed E-state index contributed by atoms with van der Waals surface area (Å²) >= 11 is 3.66. The van der Waals surface area contributed by atoms with Crippen LogP contribution in [-0.2, 0) is 16.2 Å². The van der Waals surface area contributed by atoms with Crippen molar-refractivity contribution < 1.29 is 13.9 Å². The zero-order valence-corrected chi connectivity index (χ0v) is 18.3. The zero-order valence-electron chi connectivity index (χ0n) is 16.7. The number of hydrogen-bond acceptors (Lipinski definition) is 5. The predicted molar refractivity (Wildman–Crippen MR) is 124 cm³/mol. The summed E-state index contributed by atoms with van der Waals surface area (Å²) < 4.78 is 10.9. The Morgan fingerprint density at radius 2 is 1.83 bits per heavy atom. The maximum Gasteiger partial charge on any atom is 0.291 e. The number of anilines is 1. The highest BCUT2D eigenvalue weighted by Gasteiger charge is 2.17. The van der Waals surface area contributed by atoms with Crippen LogP contribution in [0.3, 0.4) is 0 Å². The normalized spacial score (nSPS) is 14.5. The number of nitrogens with one attached hydrogen (secondary N) is 1. The van der Waals surface area contributed by atoms with Crippen LogP contribution < -0.4 is 5.32 Å². The van der Waals surface area contributed by atoms with Crippen molar-refractivity contribution in [3.05, 3.63) is 83.8 Å². The summed E-state index contributed by atoms with van der Waals surface area (Å²) in [5.41, 5.74) is 2.90. The van der Waals surface area contributed by atoms with Gasteiger partial charge in [0.15, 0.2) is 5.76 Å². The molecule has 0 spiro atoms. The average Bonchev–Trinajstić information content (AvgIpc) is 3.27. The van der Waals surface area contributed by atoms with Gasteiger partial charge >= 0.3 is 0 Å². The number of amides is 1. The third-order valence-electron chi connectivity index (χ3n) is 4.93. The summed E-state index contributed by atoms with van der Waals surface area (Å²) in [5, 5.41) is 3.65. The zero-order chi connectivity index (χ0) is 20.6. The van der Waals surface area contributed by atoms with Crippen molar-refractivity contribution in [2.24, 2.45) is 0 Å². The van der Waals surface area contributed by atoms with Crippen molar-refractivity contribution in [1.82, 2.24) is 0 Å². The minimum atomic E-state index is -0.210. The quantitative estimate of drug-likeness (QED) is 0.421. The van der Waals surface area contributed by atoms with Crippen LogP contribution in [0.15, 0.2) is 76.2 Å². The fourth-order valence-electron chi connectivity index (χ4n) is 3.31. The van der Waals surface area contributed by atoms with E-state index in [0.717, 1.165) is 43.1 Å². The third-order valence-corrected chi connectivity index (χ3v) is 7.43. The largest absolute Gasteiger partial charge is 0.459 e. The lowest BCUT2D eigenvalue weighted by molar-refractivity contribution is 0.0994. The molecule has 30 heavy (non-hydrogen) atoms. The van der Waals surface area contributed by atoms with E-state index in [4.69, 9.17) is 9.15 Å². The second-order valence-electron chi connectivity index (χ2n) is 7.15. The molecule has 3 aromatic rings. The van der Waals surface area contributed by atoms with Gasteiger partial charge in [-0.25, -0.2) is 0 Å². The van der Waals surface area contributed by atoms with E-state index in [1.165, 1.54) is 10.5 Å². The second-order valence-corrected chi connectivity index (χ2v) is 9.49. The molecular formula is C24H25NO3S2. The summed E-state index contributed by atoms with van der Waals surface area (Å²) in [7, 11) is 0. The summed E-state index contributed by atoms with van der Waals surface area (Å²) in [5.74, 6) is 1.79. The van der Waals surface area contributed by atoms with Gasteiger partial charge < -0.3 is 14.5 Å². The topological polar surface area (TPSA) is 51.5 Å². The van der Waals surface area contributed by atoms with Crippen LogP contribution in [0.2, 0.25) is 0 Å². The minimum Gasteiger partial charge on any atom is -0.459 e. The number of carbonyl (C=O) groups is 1. The third kappa shape index (κ3) is 5.94. The molecule has 0 unspecified atom stereocenters. The van der Waals surface area contributed by atoms with E-state index < -0.39 is 0 Å². The Labute approximate surface area is 185 Å². The molecule has 1 fully saturated rings. The molecule has 6 heteroatoms. The van der Waals surface area contributed by atoms with Gasteiger partial charge in [0, 0.05) is 46.1 Å². The van der Waals surface area contributed by atoms with Crippen LogP contribution in [0, 0.1) is 0 Å². The summed E-state index contributed by atoms with van der Waals surface area (Å²) in [6.45, 7) is 1.73. The SMILES string of the molecule is O=C(Nc1cccc(CSC2CCOCC2)c1)c1occc1CSc1ccccc1. The molecule has 0 aliphatic carbocycles. The van der Waals surface area contributed by atoms with E-state index in [9.17, 15) is 4.79 Å². The summed E-state index contributed by atoms with van der Waals surface area (Å²) in [6.07, 6.45) is 3.81. The molecule has 0 atom stereocenters. The molecule has 0 radical (unpaired) electrons. The molecule has 0 bridgehead atoms. The Bertz CT molecular complexity index is 952. The highest BCUT2D eigenvalue weighted by molar-refractivity contribution is 7.99. The lowest BCUT2D eigenvalue weighted by atomic mass is 10.2. The van der Waals surface area contributed by atoms with E-state index in [0.29, 0.717) is 16.8 Å². The Kier molecular flexibility index (Phi) is 7.56. The van der Waals surface area contributed by atoms with Gasteiger partial charge in [-0.2, -0.15) is 11.8 Å². The van der Waals surface area contributed by atoms with Crippen molar-refractivity contribution in [3.8, 4) is 0 Å². The number of rotatable bonds is 8. The Morgan fingerprint density at radius 1 is 1.00 bits per heavy atom. The van der Waals surface area contributed by atoms with Gasteiger partial charge in [0.05, 0.1) is 6.26 Å². The van der Waals surface area contributed by atoms with Gasteiger partial charge in [0.1, 0.15) is 0 Å². The highest BCUT2D eigenvalue weighted by atomic mass is 32.2. The van der Waals surface area contributed by atoms with E-state index in [2.05, 4.69) is 23.5 Å². The number of ether oxygens (including phenoxy) is 1. The van der Waals surface area contributed by atoms with Gasteiger partial charge in [-0.1, -0.05) is 30.3 Å².